The number of hydrogen-bond acceptors (Lipinski definition) is 20. The predicted molar refractivity (Wildman–Crippen MR) is 162 cm³/mol. The molecule has 53 heavy (non-hydrogen) atoms. The number of phosphoric ester groups is 2. The molecular weight excluding hydrogens is 774 g/mol. The van der Waals surface area contributed by atoms with Crippen molar-refractivity contribution in [2.45, 2.75) is 87.0 Å². The Kier molecular flexibility index (Phi) is 19.2. The van der Waals surface area contributed by atoms with Crippen LogP contribution in [0.5, 0.6) is 0 Å². The summed E-state index contributed by atoms with van der Waals surface area (Å²) in [4.78, 5) is 98.7. The summed E-state index contributed by atoms with van der Waals surface area (Å²) in [6.45, 7) is -4.76. The number of rotatable bonds is 22. The Morgan fingerprint density at radius 3 is 1.70 bits per heavy atom. The number of phosphoric acid groups is 2. The van der Waals surface area contributed by atoms with Gasteiger partial charge in [0.15, 0.2) is 24.8 Å². The number of esters is 2. The maximum absolute atomic E-state index is 12.6. The molecule has 0 aliphatic carbocycles. The lowest BCUT2D eigenvalue weighted by atomic mass is 9.95. The Morgan fingerprint density at radius 1 is 0.679 bits per heavy atom. The molecule has 0 radical (unpaired) electrons. The van der Waals surface area contributed by atoms with Gasteiger partial charge in [0.2, 0.25) is 11.8 Å². The van der Waals surface area contributed by atoms with Gasteiger partial charge in [-0.15, -0.1) is 0 Å². The van der Waals surface area contributed by atoms with E-state index < -0.39 is 166 Å². The molecule has 306 valence electrons. The Labute approximate surface area is 299 Å². The van der Waals surface area contributed by atoms with Crippen molar-refractivity contribution in [3.05, 3.63) is 0 Å². The molecule has 2 aliphatic rings. The van der Waals surface area contributed by atoms with Gasteiger partial charge in [0.05, 0.1) is 58.9 Å². The topological polar surface area (TPSA) is 399 Å². The first-order chi connectivity index (χ1) is 24.9. The second-order valence-corrected chi connectivity index (χ2v) is 13.4. The average Bonchev–Trinajstić information content (AvgIpc) is 3.04. The van der Waals surface area contributed by atoms with E-state index in [1.807, 2.05) is 0 Å². The fourth-order valence-electron chi connectivity index (χ4n) is 4.96. The monoisotopic (exact) mass is 816 g/mol. The van der Waals surface area contributed by atoms with Gasteiger partial charge in [0.1, 0.15) is 36.5 Å². The molecule has 26 nitrogen and oxygen atoms in total. The lowest BCUT2D eigenvalue weighted by Gasteiger charge is -2.46. The molecule has 0 aromatic rings. The van der Waals surface area contributed by atoms with Crippen molar-refractivity contribution in [3.63, 3.8) is 0 Å². The van der Waals surface area contributed by atoms with E-state index in [4.69, 9.17) is 28.2 Å². The molecule has 2 rings (SSSR count). The van der Waals surface area contributed by atoms with Crippen LogP contribution in [0.2, 0.25) is 0 Å². The minimum atomic E-state index is -5.52. The van der Waals surface area contributed by atoms with Crippen molar-refractivity contribution in [2.24, 2.45) is 0 Å². The highest BCUT2D eigenvalue weighted by Crippen LogP contribution is 2.43. The van der Waals surface area contributed by atoms with Gasteiger partial charge in [-0.05, 0) is 0 Å². The summed E-state index contributed by atoms with van der Waals surface area (Å²) >= 11 is 0. The molecule has 2 amide bonds. The zero-order chi connectivity index (χ0) is 39.9. The number of aliphatic hydroxyl groups is 5. The zero-order valence-corrected chi connectivity index (χ0v) is 29.3. The summed E-state index contributed by atoms with van der Waals surface area (Å²) in [5.41, 5.74) is 0. The smallest absolute Gasteiger partial charge is 0.467 e. The van der Waals surface area contributed by atoms with Crippen molar-refractivity contribution >= 4 is 45.9 Å². The van der Waals surface area contributed by atoms with Gasteiger partial charge < -0.3 is 84.2 Å². The van der Waals surface area contributed by atoms with Crippen molar-refractivity contribution in [1.29, 1.82) is 0 Å². The number of hydrogen-bond donors (Lipinski definition) is 11. The summed E-state index contributed by atoms with van der Waals surface area (Å²) in [5, 5.41) is 53.4. The van der Waals surface area contributed by atoms with E-state index >= 15 is 0 Å². The highest BCUT2D eigenvalue weighted by Gasteiger charge is 2.54. The van der Waals surface area contributed by atoms with Crippen LogP contribution in [-0.2, 0) is 70.6 Å². The minimum absolute atomic E-state index is 0.0259. The van der Waals surface area contributed by atoms with Crippen molar-refractivity contribution < 1.29 is 116 Å². The Morgan fingerprint density at radius 2 is 1.19 bits per heavy atom. The first-order valence-corrected chi connectivity index (χ1v) is 18.5. The quantitative estimate of drug-likeness (QED) is 0.0159. The average molecular weight is 817 g/mol. The minimum Gasteiger partial charge on any atom is -0.467 e. The number of carbonyl (C=O) groups is 5. The summed E-state index contributed by atoms with van der Waals surface area (Å²) in [5.74, 6) is -4.34. The number of amides is 2. The number of nitrogens with one attached hydrogen (secondary N) is 2. The van der Waals surface area contributed by atoms with Gasteiger partial charge in [-0.25, -0.2) is 9.13 Å². The zero-order valence-electron chi connectivity index (χ0n) is 27.5. The van der Waals surface area contributed by atoms with Crippen LogP contribution < -0.4 is 10.6 Å². The van der Waals surface area contributed by atoms with E-state index in [0.717, 1.165) is 0 Å². The molecule has 10 atom stereocenters. The van der Waals surface area contributed by atoms with E-state index in [1.165, 1.54) is 0 Å². The van der Waals surface area contributed by atoms with Gasteiger partial charge in [0.25, 0.3) is 6.47 Å². The van der Waals surface area contributed by atoms with E-state index in [1.54, 1.807) is 0 Å². The molecule has 2 aliphatic heterocycles. The third-order valence-electron chi connectivity index (χ3n) is 7.10. The maximum Gasteiger partial charge on any atom is 0.472 e. The largest absolute Gasteiger partial charge is 0.472 e. The molecule has 28 heteroatoms. The summed E-state index contributed by atoms with van der Waals surface area (Å²) in [6, 6.07) is -3.71. The second kappa shape index (κ2) is 22.0. The first kappa shape index (κ1) is 46.4. The van der Waals surface area contributed by atoms with Gasteiger partial charge >= 0.3 is 27.6 Å². The van der Waals surface area contributed by atoms with Crippen LogP contribution in [0.15, 0.2) is 0 Å². The van der Waals surface area contributed by atoms with Crippen LogP contribution >= 0.6 is 15.6 Å². The van der Waals surface area contributed by atoms with E-state index in [-0.39, 0.29) is 6.47 Å². The van der Waals surface area contributed by atoms with Crippen LogP contribution in [-0.4, -0.2) is 176 Å². The highest BCUT2D eigenvalue weighted by molar-refractivity contribution is 7.46. The second-order valence-electron chi connectivity index (χ2n) is 11.0. The Hall–Kier alpha value is -2.75. The fraction of sp³-hybridized carbons (Fsp3) is 0.800. The van der Waals surface area contributed by atoms with Crippen LogP contribution in [0.3, 0.4) is 0 Å². The molecule has 0 bridgehead atoms. The standard InChI is InChI=1S/C25H42N2O24P2/c28-5-1-14(33)26-19-23(49-17(36)3-7-30)21(50-52(38,39)40)12(9-31)46-24(19)45-10-13-20(37)22(48-16(35)2-6-29)18(25(47-13)51-53(41,42)43)27-15(34)4-8-44-11-32/h11-13,18-25,28-31,37H,1-10H2,(H,26,33)(H,27,34)(H2,38,39,40)(H2,41,42,43)/t12-,13-,18-,19-,20-,21-,22-,23-,24-,25-/m1/s1. The molecule has 0 aromatic heterocycles. The normalized spacial score (nSPS) is 29.1. The molecular formula is C25H42N2O24P2. The molecule has 2 heterocycles. The summed E-state index contributed by atoms with van der Waals surface area (Å²) in [7, 11) is -11.0. The summed E-state index contributed by atoms with van der Waals surface area (Å²) < 4.78 is 64.7. The SMILES string of the molecule is O=COCCC(=O)N[C@H]1[C@@H](OP(=O)(O)O)O[C@H](CO[C@@H]2O[C@H](CO)[C@@H](OP(=O)(O)O)[C@H](OC(=O)CCO)[C@H]2NC(=O)CCO)[C@@H](O)[C@@H]1OC(=O)CCO. The van der Waals surface area contributed by atoms with E-state index in [0.29, 0.717) is 0 Å². The van der Waals surface area contributed by atoms with Gasteiger partial charge in [0, 0.05) is 6.42 Å². The van der Waals surface area contributed by atoms with Crippen LogP contribution in [0.1, 0.15) is 25.7 Å². The number of aliphatic hydroxyl groups excluding tert-OH is 5. The lowest BCUT2D eigenvalue weighted by molar-refractivity contribution is -0.296. The van der Waals surface area contributed by atoms with Crippen LogP contribution in [0, 0.1) is 0 Å². The molecule has 2 saturated heterocycles. The van der Waals surface area contributed by atoms with Crippen molar-refractivity contribution in [3.8, 4) is 0 Å². The summed E-state index contributed by atoms with van der Waals surface area (Å²) in [6.07, 6.45) is -18.4. The third kappa shape index (κ3) is 15.5. The van der Waals surface area contributed by atoms with Crippen LogP contribution in [0.25, 0.3) is 0 Å². The first-order valence-electron chi connectivity index (χ1n) is 15.4. The molecule has 11 N–H and O–H groups in total. The Bertz CT molecular complexity index is 1310. The molecule has 0 aromatic carbocycles. The molecule has 0 saturated carbocycles. The van der Waals surface area contributed by atoms with Gasteiger partial charge in [-0.3, -0.25) is 33.0 Å². The van der Waals surface area contributed by atoms with Gasteiger partial charge in [-0.1, -0.05) is 0 Å². The van der Waals surface area contributed by atoms with Crippen LogP contribution in [0.4, 0.5) is 0 Å². The maximum atomic E-state index is 12.6. The highest BCUT2D eigenvalue weighted by atomic mass is 31.2. The third-order valence-corrected chi connectivity index (χ3v) is 8.10. The van der Waals surface area contributed by atoms with Gasteiger partial charge in [-0.2, -0.15) is 0 Å². The Balaban J connectivity index is 2.54. The van der Waals surface area contributed by atoms with E-state index in [9.17, 15) is 78.2 Å². The number of carbonyl (C=O) groups excluding carboxylic acids is 5. The molecule has 2 fully saturated rings. The number of ether oxygens (including phenoxy) is 6. The van der Waals surface area contributed by atoms with Crippen molar-refractivity contribution in [2.75, 3.05) is 39.6 Å². The molecule has 0 unspecified atom stereocenters. The van der Waals surface area contributed by atoms with Crippen molar-refractivity contribution in [1.82, 2.24) is 10.6 Å². The molecule has 0 spiro atoms. The lowest BCUT2D eigenvalue weighted by Crippen LogP contribution is -2.68. The predicted octanol–water partition coefficient (Wildman–Crippen LogP) is -6.10. The van der Waals surface area contributed by atoms with E-state index in [2.05, 4.69) is 19.9 Å². The fourth-order valence-corrected chi connectivity index (χ4v) is 5.98.